The summed E-state index contributed by atoms with van der Waals surface area (Å²) in [4.78, 5) is 0. The standard InChI is InChI=1S/C6H4Cl2IN/c7-3-1-2-4(9)5(8)6(3)10/h1-2H,10H2. The number of halogens is 3. The fourth-order valence-corrected chi connectivity index (χ4v) is 1.38. The van der Waals surface area contributed by atoms with Crippen molar-refractivity contribution in [3.63, 3.8) is 0 Å². The van der Waals surface area contributed by atoms with E-state index in [1.807, 2.05) is 6.07 Å². The Balaban J connectivity index is 3.34. The molecule has 54 valence electrons. The summed E-state index contributed by atoms with van der Waals surface area (Å²) in [5.74, 6) is 0. The minimum Gasteiger partial charge on any atom is -0.396 e. The average molecular weight is 288 g/mol. The van der Waals surface area contributed by atoms with E-state index in [0.717, 1.165) is 3.57 Å². The fraction of sp³-hybridized carbons (Fsp3) is 0. The van der Waals surface area contributed by atoms with Gasteiger partial charge in [-0.1, -0.05) is 23.2 Å². The van der Waals surface area contributed by atoms with E-state index in [1.165, 1.54) is 0 Å². The van der Waals surface area contributed by atoms with Crippen LogP contribution in [0.1, 0.15) is 0 Å². The summed E-state index contributed by atoms with van der Waals surface area (Å²) in [5, 5.41) is 1.04. The first-order chi connectivity index (χ1) is 4.63. The summed E-state index contributed by atoms with van der Waals surface area (Å²) >= 11 is 13.5. The molecule has 4 heteroatoms. The number of hydrogen-bond acceptors (Lipinski definition) is 1. The number of nitrogen functional groups attached to an aromatic ring is 1. The molecule has 1 nitrogen and oxygen atoms in total. The SMILES string of the molecule is Nc1c(Cl)ccc(I)c1Cl. The van der Waals surface area contributed by atoms with Gasteiger partial charge in [0.1, 0.15) is 0 Å². The van der Waals surface area contributed by atoms with Crippen molar-refractivity contribution in [2.24, 2.45) is 0 Å². The molecule has 0 unspecified atom stereocenters. The van der Waals surface area contributed by atoms with Crippen molar-refractivity contribution in [1.82, 2.24) is 0 Å². The van der Waals surface area contributed by atoms with Gasteiger partial charge in [0.25, 0.3) is 0 Å². The second-order valence-electron chi connectivity index (χ2n) is 1.76. The highest BCUT2D eigenvalue weighted by Crippen LogP contribution is 2.30. The lowest BCUT2D eigenvalue weighted by Gasteiger charge is -2.01. The number of anilines is 1. The highest BCUT2D eigenvalue weighted by molar-refractivity contribution is 14.1. The van der Waals surface area contributed by atoms with Crippen molar-refractivity contribution in [3.8, 4) is 0 Å². The Morgan fingerprint density at radius 3 is 2.40 bits per heavy atom. The molecule has 0 saturated carbocycles. The van der Waals surface area contributed by atoms with Crippen molar-refractivity contribution in [2.45, 2.75) is 0 Å². The molecule has 1 aromatic carbocycles. The van der Waals surface area contributed by atoms with Gasteiger partial charge in [-0.15, -0.1) is 0 Å². The van der Waals surface area contributed by atoms with Gasteiger partial charge in [0, 0.05) is 3.57 Å². The summed E-state index contributed by atoms with van der Waals surface area (Å²) in [7, 11) is 0. The Morgan fingerprint density at radius 2 is 1.90 bits per heavy atom. The number of benzene rings is 1. The van der Waals surface area contributed by atoms with Gasteiger partial charge in [0.15, 0.2) is 0 Å². The van der Waals surface area contributed by atoms with Crippen LogP contribution in [0, 0.1) is 3.57 Å². The minimum absolute atomic E-state index is 0.454. The number of hydrogen-bond donors (Lipinski definition) is 1. The molecule has 0 atom stereocenters. The van der Waals surface area contributed by atoms with E-state index in [2.05, 4.69) is 22.6 Å². The predicted octanol–water partition coefficient (Wildman–Crippen LogP) is 3.18. The first-order valence-corrected chi connectivity index (χ1v) is 4.35. The monoisotopic (exact) mass is 287 g/mol. The molecule has 0 saturated heterocycles. The summed E-state index contributed by atoms with van der Waals surface area (Å²) in [5.41, 5.74) is 5.97. The zero-order chi connectivity index (χ0) is 7.72. The van der Waals surface area contributed by atoms with Gasteiger partial charge in [-0.3, -0.25) is 0 Å². The molecule has 0 aromatic heterocycles. The normalized spacial score (nSPS) is 9.90. The maximum atomic E-state index is 5.77. The Hall–Kier alpha value is 0.330. The van der Waals surface area contributed by atoms with E-state index in [4.69, 9.17) is 28.9 Å². The zero-order valence-corrected chi connectivity index (χ0v) is 8.54. The van der Waals surface area contributed by atoms with Gasteiger partial charge < -0.3 is 5.73 Å². The van der Waals surface area contributed by atoms with Gasteiger partial charge in [0.05, 0.1) is 15.7 Å². The highest BCUT2D eigenvalue weighted by Gasteiger charge is 2.03. The molecule has 0 amide bonds. The van der Waals surface area contributed by atoms with Crippen molar-refractivity contribution in [3.05, 3.63) is 25.7 Å². The van der Waals surface area contributed by atoms with Gasteiger partial charge in [-0.25, -0.2) is 0 Å². The molecule has 0 fully saturated rings. The molecule has 2 N–H and O–H groups in total. The van der Waals surface area contributed by atoms with E-state index in [-0.39, 0.29) is 0 Å². The predicted molar refractivity (Wildman–Crippen MR) is 53.6 cm³/mol. The van der Waals surface area contributed by atoms with E-state index >= 15 is 0 Å². The van der Waals surface area contributed by atoms with Crippen LogP contribution < -0.4 is 5.73 Å². The molecule has 1 aromatic rings. The van der Waals surface area contributed by atoms with Crippen molar-refractivity contribution in [2.75, 3.05) is 5.73 Å². The number of rotatable bonds is 0. The van der Waals surface area contributed by atoms with Gasteiger partial charge in [-0.2, -0.15) is 0 Å². The lowest BCUT2D eigenvalue weighted by molar-refractivity contribution is 1.63. The van der Waals surface area contributed by atoms with Gasteiger partial charge in [0.2, 0.25) is 0 Å². The number of nitrogens with two attached hydrogens (primary N) is 1. The third-order valence-corrected chi connectivity index (χ3v) is 3.03. The lowest BCUT2D eigenvalue weighted by Crippen LogP contribution is -1.88. The van der Waals surface area contributed by atoms with Crippen LogP contribution in [0.3, 0.4) is 0 Å². The topological polar surface area (TPSA) is 26.0 Å². The van der Waals surface area contributed by atoms with Crippen LogP contribution in [-0.4, -0.2) is 0 Å². The van der Waals surface area contributed by atoms with Crippen LogP contribution >= 0.6 is 45.8 Å². The third kappa shape index (κ3) is 1.49. The molecule has 0 aliphatic carbocycles. The molecule has 10 heavy (non-hydrogen) atoms. The molecular formula is C6H4Cl2IN. The highest BCUT2D eigenvalue weighted by atomic mass is 127. The van der Waals surface area contributed by atoms with E-state index in [9.17, 15) is 0 Å². The van der Waals surface area contributed by atoms with Gasteiger partial charge in [-0.05, 0) is 34.7 Å². The first kappa shape index (κ1) is 8.43. The second kappa shape index (κ2) is 3.15. The average Bonchev–Trinajstić information content (AvgIpc) is 1.93. The molecule has 0 heterocycles. The third-order valence-electron chi connectivity index (χ3n) is 1.08. The summed E-state index contributed by atoms with van der Waals surface area (Å²) in [6, 6.07) is 3.55. The molecule has 0 radical (unpaired) electrons. The molecule has 0 bridgehead atoms. The smallest absolute Gasteiger partial charge is 0.0784 e. The molecule has 1 rings (SSSR count). The van der Waals surface area contributed by atoms with Crippen LogP contribution in [0.4, 0.5) is 5.69 Å². The fourth-order valence-electron chi connectivity index (χ4n) is 0.543. The maximum absolute atomic E-state index is 5.77. The molecule has 0 aliphatic heterocycles. The summed E-state index contributed by atoms with van der Waals surface area (Å²) < 4.78 is 0.918. The Kier molecular flexibility index (Phi) is 2.66. The second-order valence-corrected chi connectivity index (χ2v) is 3.70. The van der Waals surface area contributed by atoms with Crippen LogP contribution in [0.15, 0.2) is 12.1 Å². The zero-order valence-electron chi connectivity index (χ0n) is 4.87. The van der Waals surface area contributed by atoms with E-state index < -0.39 is 0 Å². The van der Waals surface area contributed by atoms with Crippen molar-refractivity contribution < 1.29 is 0 Å². The molecule has 0 aliphatic rings. The Labute approximate surface area is 82.6 Å². The van der Waals surface area contributed by atoms with Crippen LogP contribution in [0.25, 0.3) is 0 Å². The Bertz CT molecular complexity index is 235. The van der Waals surface area contributed by atoms with Crippen molar-refractivity contribution >= 4 is 51.5 Å². The molecule has 0 spiro atoms. The van der Waals surface area contributed by atoms with E-state index in [0.29, 0.717) is 15.7 Å². The summed E-state index contributed by atoms with van der Waals surface area (Å²) in [6.07, 6.45) is 0. The molecular weight excluding hydrogens is 284 g/mol. The van der Waals surface area contributed by atoms with Gasteiger partial charge >= 0.3 is 0 Å². The van der Waals surface area contributed by atoms with E-state index in [1.54, 1.807) is 6.07 Å². The lowest BCUT2D eigenvalue weighted by atomic mass is 10.3. The van der Waals surface area contributed by atoms with Crippen molar-refractivity contribution in [1.29, 1.82) is 0 Å². The quantitative estimate of drug-likeness (QED) is 0.443. The van der Waals surface area contributed by atoms with Crippen LogP contribution in [0.2, 0.25) is 10.0 Å². The Morgan fingerprint density at radius 1 is 1.30 bits per heavy atom. The first-order valence-electron chi connectivity index (χ1n) is 2.52. The maximum Gasteiger partial charge on any atom is 0.0784 e. The largest absolute Gasteiger partial charge is 0.396 e. The van der Waals surface area contributed by atoms with Crippen LogP contribution in [-0.2, 0) is 0 Å². The summed E-state index contributed by atoms with van der Waals surface area (Å²) in [6.45, 7) is 0. The minimum atomic E-state index is 0.454. The van der Waals surface area contributed by atoms with Crippen LogP contribution in [0.5, 0.6) is 0 Å².